The van der Waals surface area contributed by atoms with Crippen molar-refractivity contribution in [1.29, 1.82) is 5.26 Å². The minimum atomic E-state index is -2.88. The van der Waals surface area contributed by atoms with Crippen molar-refractivity contribution in [2.45, 2.75) is 24.8 Å². The topological polar surface area (TPSA) is 87.2 Å². The lowest BCUT2D eigenvalue weighted by Gasteiger charge is -2.29. The molecule has 2 fully saturated rings. The van der Waals surface area contributed by atoms with Gasteiger partial charge in [-0.15, -0.1) is 0 Å². The molecule has 0 bridgehead atoms. The molecule has 1 saturated heterocycles. The zero-order valence-electron chi connectivity index (χ0n) is 9.93. The number of hydrogen-bond donors (Lipinski definition) is 1. The summed E-state index contributed by atoms with van der Waals surface area (Å²) < 4.78 is 22.9. The van der Waals surface area contributed by atoms with Gasteiger partial charge in [-0.3, -0.25) is 4.90 Å². The van der Waals surface area contributed by atoms with E-state index in [1.165, 1.54) is 0 Å². The van der Waals surface area contributed by atoms with Crippen LogP contribution in [0.2, 0.25) is 0 Å². The summed E-state index contributed by atoms with van der Waals surface area (Å²) in [6, 6.07) is 2.22. The maximum Gasteiger partial charge on any atom is 0.151 e. The van der Waals surface area contributed by atoms with Crippen molar-refractivity contribution in [2.75, 3.05) is 31.1 Å². The highest BCUT2D eigenvalue weighted by Gasteiger charge is 2.43. The van der Waals surface area contributed by atoms with Crippen LogP contribution in [-0.4, -0.2) is 50.0 Å². The van der Waals surface area contributed by atoms with E-state index in [1.807, 2.05) is 4.90 Å². The van der Waals surface area contributed by atoms with Crippen molar-refractivity contribution in [1.82, 2.24) is 4.90 Å². The maximum atomic E-state index is 11.5. The van der Waals surface area contributed by atoms with Gasteiger partial charge in [0.2, 0.25) is 0 Å². The van der Waals surface area contributed by atoms with Crippen molar-refractivity contribution in [3.63, 3.8) is 0 Å². The van der Waals surface area contributed by atoms with Gasteiger partial charge in [0, 0.05) is 13.1 Å². The second-order valence-electron chi connectivity index (χ2n) is 5.21. The highest BCUT2D eigenvalue weighted by Crippen LogP contribution is 2.38. The normalized spacial score (nSPS) is 28.9. The van der Waals surface area contributed by atoms with Crippen molar-refractivity contribution in [2.24, 2.45) is 11.7 Å². The molecule has 17 heavy (non-hydrogen) atoms. The Balaban J connectivity index is 1.97. The lowest BCUT2D eigenvalue weighted by molar-refractivity contribution is 0.236. The van der Waals surface area contributed by atoms with Crippen LogP contribution in [0.5, 0.6) is 0 Å². The van der Waals surface area contributed by atoms with Gasteiger partial charge in [-0.2, -0.15) is 5.26 Å². The van der Waals surface area contributed by atoms with Crippen molar-refractivity contribution in [3.05, 3.63) is 0 Å². The average molecular weight is 257 g/mol. The summed E-state index contributed by atoms with van der Waals surface area (Å²) >= 11 is 0. The molecule has 0 radical (unpaired) electrons. The van der Waals surface area contributed by atoms with Gasteiger partial charge in [0.15, 0.2) is 9.84 Å². The summed E-state index contributed by atoms with van der Waals surface area (Å²) in [6.07, 6.45) is 2.70. The molecule has 0 spiro atoms. The molecule has 96 valence electrons. The zero-order valence-corrected chi connectivity index (χ0v) is 10.7. The third kappa shape index (κ3) is 3.18. The second-order valence-corrected chi connectivity index (χ2v) is 7.51. The van der Waals surface area contributed by atoms with Crippen LogP contribution in [0.1, 0.15) is 19.3 Å². The molecule has 1 atom stereocenters. The van der Waals surface area contributed by atoms with E-state index in [2.05, 4.69) is 6.07 Å². The van der Waals surface area contributed by atoms with Crippen LogP contribution in [0.15, 0.2) is 0 Å². The molecular formula is C11H19N3O2S. The molecule has 0 amide bonds. The highest BCUT2D eigenvalue weighted by atomic mass is 32.2. The second kappa shape index (κ2) is 4.56. The van der Waals surface area contributed by atoms with Crippen LogP contribution in [0.4, 0.5) is 0 Å². The molecule has 1 unspecified atom stereocenters. The van der Waals surface area contributed by atoms with Gasteiger partial charge in [0.1, 0.15) is 5.54 Å². The minimum absolute atomic E-state index is 0.194. The fraction of sp³-hybridized carbons (Fsp3) is 0.909. The van der Waals surface area contributed by atoms with Gasteiger partial charge in [-0.1, -0.05) is 0 Å². The Kier molecular flexibility index (Phi) is 3.43. The van der Waals surface area contributed by atoms with Gasteiger partial charge < -0.3 is 5.73 Å². The molecule has 5 nitrogen and oxygen atoms in total. The summed E-state index contributed by atoms with van der Waals surface area (Å²) in [5.41, 5.74) is 5.32. The zero-order chi connectivity index (χ0) is 12.5. The number of sulfone groups is 1. The minimum Gasteiger partial charge on any atom is -0.312 e. The van der Waals surface area contributed by atoms with E-state index in [-0.39, 0.29) is 11.5 Å². The van der Waals surface area contributed by atoms with E-state index in [0.29, 0.717) is 25.4 Å². The van der Waals surface area contributed by atoms with Crippen molar-refractivity contribution >= 4 is 9.84 Å². The van der Waals surface area contributed by atoms with E-state index < -0.39 is 15.4 Å². The third-order valence-electron chi connectivity index (χ3n) is 3.65. The van der Waals surface area contributed by atoms with Crippen molar-refractivity contribution in [3.8, 4) is 6.07 Å². The Bertz CT molecular complexity index is 424. The smallest absolute Gasteiger partial charge is 0.151 e. The molecule has 1 aliphatic heterocycles. The summed E-state index contributed by atoms with van der Waals surface area (Å²) in [4.78, 5) is 2.03. The Morgan fingerprint density at radius 1 is 1.35 bits per heavy atom. The van der Waals surface area contributed by atoms with Gasteiger partial charge >= 0.3 is 0 Å². The molecule has 2 N–H and O–H groups in total. The number of hydrogen-bond acceptors (Lipinski definition) is 5. The Labute approximate surface area is 102 Å². The predicted octanol–water partition coefficient (Wildman–Crippen LogP) is -0.262. The summed E-state index contributed by atoms with van der Waals surface area (Å²) in [5.74, 6) is 0.753. The molecule has 6 heteroatoms. The van der Waals surface area contributed by atoms with Crippen LogP contribution in [-0.2, 0) is 9.84 Å². The summed E-state index contributed by atoms with van der Waals surface area (Å²) in [6.45, 7) is 1.74. The lowest BCUT2D eigenvalue weighted by atomic mass is 9.95. The number of nitrogens with zero attached hydrogens (tertiary/aromatic N) is 2. The van der Waals surface area contributed by atoms with Gasteiger partial charge in [-0.25, -0.2) is 8.42 Å². The quantitative estimate of drug-likeness (QED) is 0.752. The molecule has 0 aromatic carbocycles. The Morgan fingerprint density at radius 3 is 2.65 bits per heavy atom. The number of nitriles is 1. The first-order chi connectivity index (χ1) is 7.95. The molecule has 2 rings (SSSR count). The van der Waals surface area contributed by atoms with Gasteiger partial charge in [0.05, 0.1) is 17.6 Å². The fourth-order valence-corrected chi connectivity index (χ4v) is 3.68. The fourth-order valence-electron chi connectivity index (χ4n) is 2.37. The van der Waals surface area contributed by atoms with Crippen LogP contribution >= 0.6 is 0 Å². The highest BCUT2D eigenvalue weighted by molar-refractivity contribution is 7.91. The van der Waals surface area contributed by atoms with E-state index in [1.54, 1.807) is 0 Å². The van der Waals surface area contributed by atoms with E-state index in [9.17, 15) is 13.7 Å². The molecule has 1 aliphatic carbocycles. The van der Waals surface area contributed by atoms with Crippen LogP contribution in [0, 0.1) is 17.2 Å². The monoisotopic (exact) mass is 257 g/mol. The molecule has 0 aromatic rings. The summed E-state index contributed by atoms with van der Waals surface area (Å²) in [7, 11) is -2.88. The maximum absolute atomic E-state index is 11.5. The molecular weight excluding hydrogens is 238 g/mol. The van der Waals surface area contributed by atoms with Crippen molar-refractivity contribution < 1.29 is 8.42 Å². The standard InChI is InChI=1S/C11H19N3O2S/c12-8-11(13,10-2-3-10)9-14-4-1-6-17(15,16)7-5-14/h10H,1-7,9,13H2. The van der Waals surface area contributed by atoms with E-state index in [0.717, 1.165) is 19.4 Å². The molecule has 2 aliphatic rings. The lowest BCUT2D eigenvalue weighted by Crippen LogP contribution is -2.51. The van der Waals surface area contributed by atoms with Gasteiger partial charge in [-0.05, 0) is 31.7 Å². The van der Waals surface area contributed by atoms with Crippen LogP contribution in [0.25, 0.3) is 0 Å². The van der Waals surface area contributed by atoms with E-state index >= 15 is 0 Å². The number of rotatable bonds is 3. The molecule has 1 heterocycles. The Hall–Kier alpha value is -0.640. The average Bonchev–Trinajstić information content (AvgIpc) is 3.08. The largest absolute Gasteiger partial charge is 0.312 e. The van der Waals surface area contributed by atoms with E-state index in [4.69, 9.17) is 5.73 Å². The number of nitrogens with two attached hydrogens (primary N) is 1. The SMILES string of the molecule is N#CC(N)(CN1CCCS(=O)(=O)CC1)C1CC1. The van der Waals surface area contributed by atoms with Crippen LogP contribution < -0.4 is 5.73 Å². The first kappa shape index (κ1) is 12.8. The first-order valence-electron chi connectivity index (χ1n) is 6.08. The van der Waals surface area contributed by atoms with Crippen LogP contribution in [0.3, 0.4) is 0 Å². The first-order valence-corrected chi connectivity index (χ1v) is 7.90. The Morgan fingerprint density at radius 2 is 2.06 bits per heavy atom. The molecule has 0 aromatic heterocycles. The predicted molar refractivity (Wildman–Crippen MR) is 65.0 cm³/mol. The summed E-state index contributed by atoms with van der Waals surface area (Å²) in [5, 5.41) is 9.18. The van der Waals surface area contributed by atoms with Gasteiger partial charge in [0.25, 0.3) is 0 Å². The molecule has 1 saturated carbocycles. The third-order valence-corrected chi connectivity index (χ3v) is 5.36.